The lowest BCUT2D eigenvalue weighted by molar-refractivity contribution is -0.194. The van der Waals surface area contributed by atoms with Crippen molar-refractivity contribution in [2.45, 2.75) is 89.8 Å². The number of nitrogens with zero attached hydrogens (tertiary/aromatic N) is 1. The van der Waals surface area contributed by atoms with Gasteiger partial charge in [0.05, 0.1) is 24.3 Å². The molecule has 2 saturated heterocycles. The second kappa shape index (κ2) is 9.08. The third-order valence-electron chi connectivity index (χ3n) is 7.37. The summed E-state index contributed by atoms with van der Waals surface area (Å²) in [5.41, 5.74) is 6.27. The van der Waals surface area contributed by atoms with E-state index in [9.17, 15) is 9.59 Å². The molecule has 1 aromatic carbocycles. The van der Waals surface area contributed by atoms with E-state index >= 15 is 0 Å². The van der Waals surface area contributed by atoms with Crippen LogP contribution < -0.4 is 15.8 Å². The Labute approximate surface area is 201 Å². The summed E-state index contributed by atoms with van der Waals surface area (Å²) < 4.78 is 13.1. The van der Waals surface area contributed by atoms with Crippen LogP contribution in [0, 0.1) is 11.8 Å². The van der Waals surface area contributed by atoms with Gasteiger partial charge in [-0.3, -0.25) is 9.59 Å². The van der Waals surface area contributed by atoms with Gasteiger partial charge in [-0.1, -0.05) is 25.4 Å². The zero-order valence-corrected chi connectivity index (χ0v) is 20.9. The van der Waals surface area contributed by atoms with E-state index in [1.807, 2.05) is 36.9 Å². The molecule has 0 aliphatic carbocycles. The third kappa shape index (κ3) is 4.60. The van der Waals surface area contributed by atoms with Gasteiger partial charge in [-0.2, -0.15) is 0 Å². The maximum atomic E-state index is 13.7. The lowest BCUT2D eigenvalue weighted by atomic mass is 9.72. The standard InChI is InChI=1S/C25H36ClN3O4/c1-13(2)21(28-23(30)14(3)27)24(31)29-10-6-7-20-18(29)12-17-22(32-20)16-11-15(26)8-9-19(16)33-25(17,4)5/h8-9,11,13-14,17-18,20-22H,6-7,10,12,27H2,1-5H3,(H,28,30)/t14-,17+,18+,20+,21-,22-/m0/s1. The summed E-state index contributed by atoms with van der Waals surface area (Å²) >= 11 is 6.30. The molecule has 3 heterocycles. The molecule has 182 valence electrons. The van der Waals surface area contributed by atoms with E-state index in [1.165, 1.54) is 0 Å². The number of hydrogen-bond donors (Lipinski definition) is 2. The van der Waals surface area contributed by atoms with E-state index in [-0.39, 0.29) is 41.9 Å². The van der Waals surface area contributed by atoms with Crippen LogP contribution in [0.4, 0.5) is 0 Å². The molecule has 2 fully saturated rings. The molecule has 8 heteroatoms. The van der Waals surface area contributed by atoms with Crippen molar-refractivity contribution in [3.8, 4) is 5.75 Å². The summed E-state index contributed by atoms with van der Waals surface area (Å²) in [6.07, 6.45) is 2.33. The minimum Gasteiger partial charge on any atom is -0.487 e. The number of carbonyl (C=O) groups excluding carboxylic acids is 2. The number of likely N-dealkylation sites (tertiary alicyclic amines) is 1. The first-order valence-electron chi connectivity index (χ1n) is 12.0. The Kier molecular flexibility index (Phi) is 6.69. The van der Waals surface area contributed by atoms with Gasteiger partial charge in [0.1, 0.15) is 17.4 Å². The molecule has 3 aliphatic heterocycles. The molecule has 0 aromatic heterocycles. The molecule has 33 heavy (non-hydrogen) atoms. The van der Waals surface area contributed by atoms with Gasteiger partial charge in [0.25, 0.3) is 0 Å². The fraction of sp³-hybridized carbons (Fsp3) is 0.680. The van der Waals surface area contributed by atoms with Crippen LogP contribution in [0.1, 0.15) is 65.5 Å². The van der Waals surface area contributed by atoms with Crippen molar-refractivity contribution >= 4 is 23.4 Å². The fourth-order valence-electron chi connectivity index (χ4n) is 5.51. The van der Waals surface area contributed by atoms with Crippen molar-refractivity contribution < 1.29 is 19.1 Å². The summed E-state index contributed by atoms with van der Waals surface area (Å²) in [6.45, 7) is 10.3. The molecule has 0 spiro atoms. The summed E-state index contributed by atoms with van der Waals surface area (Å²) in [5.74, 6) is 0.446. The normalized spacial score (nSPS) is 29.8. The second-order valence-corrected chi connectivity index (χ2v) is 11.0. The fourth-order valence-corrected chi connectivity index (χ4v) is 5.69. The highest BCUT2D eigenvalue weighted by Crippen LogP contribution is 2.52. The summed E-state index contributed by atoms with van der Waals surface area (Å²) in [4.78, 5) is 27.9. The minimum absolute atomic E-state index is 0.0543. The number of amides is 2. The Bertz CT molecular complexity index is 919. The molecule has 2 amide bonds. The van der Waals surface area contributed by atoms with Crippen molar-refractivity contribution in [1.82, 2.24) is 10.2 Å². The van der Waals surface area contributed by atoms with Crippen LogP contribution in [0.5, 0.6) is 5.75 Å². The molecular formula is C25H36ClN3O4. The first-order chi connectivity index (χ1) is 15.5. The van der Waals surface area contributed by atoms with Crippen LogP contribution >= 0.6 is 11.6 Å². The molecule has 3 N–H and O–H groups in total. The monoisotopic (exact) mass is 477 g/mol. The lowest BCUT2D eigenvalue weighted by Crippen LogP contribution is -2.63. The van der Waals surface area contributed by atoms with Gasteiger partial charge < -0.3 is 25.4 Å². The van der Waals surface area contributed by atoms with E-state index in [1.54, 1.807) is 6.92 Å². The molecule has 0 unspecified atom stereocenters. The maximum Gasteiger partial charge on any atom is 0.245 e. The van der Waals surface area contributed by atoms with Crippen LogP contribution in [0.15, 0.2) is 18.2 Å². The zero-order valence-electron chi connectivity index (χ0n) is 20.1. The van der Waals surface area contributed by atoms with Crippen LogP contribution in [-0.4, -0.2) is 53.1 Å². The Morgan fingerprint density at radius 2 is 2.00 bits per heavy atom. The van der Waals surface area contributed by atoms with Gasteiger partial charge in [-0.05, 0) is 64.2 Å². The molecule has 4 rings (SSSR count). The molecule has 1 aromatic rings. The quantitative estimate of drug-likeness (QED) is 0.692. The molecule has 0 bridgehead atoms. The van der Waals surface area contributed by atoms with Gasteiger partial charge in [0.15, 0.2) is 0 Å². The molecule has 6 atom stereocenters. The van der Waals surface area contributed by atoms with Crippen LogP contribution in [0.3, 0.4) is 0 Å². The number of fused-ring (bicyclic) bond motifs is 4. The zero-order chi connectivity index (χ0) is 24.1. The van der Waals surface area contributed by atoms with Crippen molar-refractivity contribution in [3.63, 3.8) is 0 Å². The molecule has 7 nitrogen and oxygen atoms in total. The third-order valence-corrected chi connectivity index (χ3v) is 7.61. The predicted octanol–water partition coefficient (Wildman–Crippen LogP) is 3.44. The Hall–Kier alpha value is -1.83. The Morgan fingerprint density at radius 1 is 1.27 bits per heavy atom. The van der Waals surface area contributed by atoms with Gasteiger partial charge in [-0.25, -0.2) is 0 Å². The lowest BCUT2D eigenvalue weighted by Gasteiger charge is -2.55. The van der Waals surface area contributed by atoms with Crippen molar-refractivity contribution in [1.29, 1.82) is 0 Å². The number of ether oxygens (including phenoxy) is 2. The number of nitrogens with one attached hydrogen (secondary N) is 1. The van der Waals surface area contributed by atoms with E-state index in [0.29, 0.717) is 11.6 Å². The van der Waals surface area contributed by atoms with Crippen LogP contribution in [0.25, 0.3) is 0 Å². The number of halogens is 1. The minimum atomic E-state index is -0.668. The average Bonchev–Trinajstić information content (AvgIpc) is 2.75. The van der Waals surface area contributed by atoms with Crippen molar-refractivity contribution in [2.75, 3.05) is 6.54 Å². The van der Waals surface area contributed by atoms with Crippen LogP contribution in [-0.2, 0) is 14.3 Å². The highest BCUT2D eigenvalue weighted by molar-refractivity contribution is 6.30. The van der Waals surface area contributed by atoms with Gasteiger partial charge in [0.2, 0.25) is 11.8 Å². The molecule has 3 aliphatic rings. The Morgan fingerprint density at radius 3 is 2.67 bits per heavy atom. The highest BCUT2D eigenvalue weighted by Gasteiger charge is 2.53. The summed E-state index contributed by atoms with van der Waals surface area (Å²) in [7, 11) is 0. The van der Waals surface area contributed by atoms with Gasteiger partial charge in [-0.15, -0.1) is 0 Å². The number of carbonyl (C=O) groups is 2. The SMILES string of the molecule is CC(C)[C@H](NC(=O)[C@H](C)N)C(=O)N1CCC[C@H]2O[C@H]3c4cc(Cl)ccc4OC(C)(C)[C@@H]3C[C@H]21. The maximum absolute atomic E-state index is 13.7. The van der Waals surface area contributed by atoms with Crippen LogP contribution in [0.2, 0.25) is 5.02 Å². The smallest absolute Gasteiger partial charge is 0.245 e. The molecular weight excluding hydrogens is 442 g/mol. The largest absolute Gasteiger partial charge is 0.487 e. The molecule has 0 radical (unpaired) electrons. The van der Waals surface area contributed by atoms with Gasteiger partial charge >= 0.3 is 0 Å². The number of piperidine rings is 1. The predicted molar refractivity (Wildman–Crippen MR) is 127 cm³/mol. The first-order valence-corrected chi connectivity index (χ1v) is 12.4. The van der Waals surface area contributed by atoms with E-state index < -0.39 is 17.7 Å². The Balaban J connectivity index is 1.61. The van der Waals surface area contributed by atoms with Gasteiger partial charge in [0, 0.05) is 23.0 Å². The van der Waals surface area contributed by atoms with Crippen molar-refractivity contribution in [2.24, 2.45) is 17.6 Å². The second-order valence-electron chi connectivity index (χ2n) is 10.6. The highest BCUT2D eigenvalue weighted by atomic mass is 35.5. The average molecular weight is 478 g/mol. The topological polar surface area (TPSA) is 93.9 Å². The number of benzene rings is 1. The van der Waals surface area contributed by atoms with E-state index in [2.05, 4.69) is 19.2 Å². The number of rotatable bonds is 4. The molecule has 0 saturated carbocycles. The number of nitrogens with two attached hydrogens (primary N) is 1. The number of hydrogen-bond acceptors (Lipinski definition) is 5. The summed E-state index contributed by atoms with van der Waals surface area (Å²) in [6, 6.07) is 4.34. The van der Waals surface area contributed by atoms with E-state index in [0.717, 1.165) is 30.6 Å². The summed E-state index contributed by atoms with van der Waals surface area (Å²) in [5, 5.41) is 3.52. The first kappa shape index (κ1) is 24.3. The van der Waals surface area contributed by atoms with Crippen molar-refractivity contribution in [3.05, 3.63) is 28.8 Å². The van der Waals surface area contributed by atoms with E-state index in [4.69, 9.17) is 26.8 Å².